The highest BCUT2D eigenvalue weighted by atomic mass is 14.3. The minimum absolute atomic E-state index is 0.758. The Morgan fingerprint density at radius 3 is 2.30 bits per heavy atom. The molecule has 0 heteroatoms. The van der Waals surface area contributed by atoms with Gasteiger partial charge in [0.2, 0.25) is 0 Å². The first-order chi connectivity index (χ1) is 13.2. The van der Waals surface area contributed by atoms with Gasteiger partial charge in [0.25, 0.3) is 0 Å². The lowest BCUT2D eigenvalue weighted by molar-refractivity contribution is 0.303. The van der Waals surface area contributed by atoms with Crippen molar-refractivity contribution >= 4 is 0 Å². The maximum Gasteiger partial charge on any atom is 0.0280 e. The summed E-state index contributed by atoms with van der Waals surface area (Å²) in [6.07, 6.45) is 11.2. The second kappa shape index (κ2) is 9.80. The molecule has 0 N–H and O–H groups in total. The molecule has 1 aliphatic rings. The number of hydrogen-bond donors (Lipinski definition) is 0. The van der Waals surface area contributed by atoms with E-state index in [-0.39, 0.29) is 0 Å². The fourth-order valence-electron chi connectivity index (χ4n) is 4.32. The fourth-order valence-corrected chi connectivity index (χ4v) is 4.32. The standard InChI is InChI=1S/C27H34/c1-4-5-6-7-23-10-15-25(16-11-23)26-17-12-24(13-18-26)14-19-27-20-21(2)8-9-22(27)3/h8-9,12-13,17-18,20,23,25H,4-7,10-11,15-16H2,1-3H3. The monoisotopic (exact) mass is 358 g/mol. The van der Waals surface area contributed by atoms with E-state index in [1.165, 1.54) is 68.1 Å². The second-order valence-corrected chi connectivity index (χ2v) is 8.40. The molecule has 0 spiro atoms. The second-order valence-electron chi connectivity index (χ2n) is 8.40. The van der Waals surface area contributed by atoms with Crippen molar-refractivity contribution in [3.8, 4) is 11.8 Å². The molecule has 0 unspecified atom stereocenters. The summed E-state index contributed by atoms with van der Waals surface area (Å²) in [7, 11) is 0. The van der Waals surface area contributed by atoms with Crippen LogP contribution in [0.5, 0.6) is 0 Å². The lowest BCUT2D eigenvalue weighted by Crippen LogP contribution is -2.13. The van der Waals surface area contributed by atoms with Gasteiger partial charge in [-0.05, 0) is 86.3 Å². The smallest absolute Gasteiger partial charge is 0.0280 e. The van der Waals surface area contributed by atoms with Crippen molar-refractivity contribution in [2.75, 3.05) is 0 Å². The highest BCUT2D eigenvalue weighted by Gasteiger charge is 2.21. The van der Waals surface area contributed by atoms with E-state index in [1.54, 1.807) is 0 Å². The van der Waals surface area contributed by atoms with Gasteiger partial charge in [-0.1, -0.05) is 68.7 Å². The topological polar surface area (TPSA) is 0 Å². The molecule has 0 saturated heterocycles. The van der Waals surface area contributed by atoms with Crippen molar-refractivity contribution in [1.82, 2.24) is 0 Å². The molecule has 1 fully saturated rings. The third kappa shape index (κ3) is 5.74. The van der Waals surface area contributed by atoms with Gasteiger partial charge in [0.15, 0.2) is 0 Å². The molecular weight excluding hydrogens is 324 g/mol. The molecule has 142 valence electrons. The summed E-state index contributed by atoms with van der Waals surface area (Å²) in [6, 6.07) is 15.5. The van der Waals surface area contributed by atoms with E-state index < -0.39 is 0 Å². The minimum Gasteiger partial charge on any atom is -0.0654 e. The number of rotatable bonds is 5. The van der Waals surface area contributed by atoms with Gasteiger partial charge in [-0.3, -0.25) is 0 Å². The molecule has 0 aromatic heterocycles. The normalized spacial score (nSPS) is 19.4. The predicted molar refractivity (Wildman–Crippen MR) is 117 cm³/mol. The highest BCUT2D eigenvalue weighted by Crippen LogP contribution is 2.37. The first-order valence-corrected chi connectivity index (χ1v) is 10.8. The molecule has 2 aromatic rings. The average Bonchev–Trinajstić information content (AvgIpc) is 2.70. The molecule has 0 heterocycles. The summed E-state index contributed by atoms with van der Waals surface area (Å²) in [5.74, 6) is 8.43. The molecule has 0 radical (unpaired) electrons. The molecule has 0 atom stereocenters. The summed E-state index contributed by atoms with van der Waals surface area (Å²) in [4.78, 5) is 0. The van der Waals surface area contributed by atoms with Gasteiger partial charge >= 0.3 is 0 Å². The molecule has 2 aromatic carbocycles. The largest absolute Gasteiger partial charge is 0.0654 e. The highest BCUT2D eigenvalue weighted by molar-refractivity contribution is 5.48. The number of aryl methyl sites for hydroxylation is 2. The summed E-state index contributed by atoms with van der Waals surface area (Å²) in [6.45, 7) is 6.55. The zero-order chi connectivity index (χ0) is 19.1. The van der Waals surface area contributed by atoms with Crippen LogP contribution >= 0.6 is 0 Å². The van der Waals surface area contributed by atoms with Crippen LogP contribution in [0.4, 0.5) is 0 Å². The van der Waals surface area contributed by atoms with Crippen LogP contribution in [0, 0.1) is 31.6 Å². The first kappa shape index (κ1) is 19.8. The molecule has 3 rings (SSSR count). The Balaban J connectivity index is 1.57. The Morgan fingerprint density at radius 2 is 1.59 bits per heavy atom. The van der Waals surface area contributed by atoms with Gasteiger partial charge in [-0.2, -0.15) is 0 Å². The third-order valence-electron chi connectivity index (χ3n) is 6.18. The van der Waals surface area contributed by atoms with E-state index in [0.717, 1.165) is 23.0 Å². The van der Waals surface area contributed by atoms with E-state index in [0.29, 0.717) is 0 Å². The van der Waals surface area contributed by atoms with Crippen molar-refractivity contribution in [3.05, 3.63) is 70.3 Å². The molecule has 0 nitrogen and oxygen atoms in total. The molecular formula is C27H34. The van der Waals surface area contributed by atoms with E-state index in [9.17, 15) is 0 Å². The lowest BCUT2D eigenvalue weighted by Gasteiger charge is -2.29. The summed E-state index contributed by atoms with van der Waals surface area (Å²) < 4.78 is 0. The van der Waals surface area contributed by atoms with Crippen LogP contribution < -0.4 is 0 Å². The van der Waals surface area contributed by atoms with Crippen LogP contribution in [0.3, 0.4) is 0 Å². The van der Waals surface area contributed by atoms with Crippen molar-refractivity contribution in [2.24, 2.45) is 5.92 Å². The van der Waals surface area contributed by atoms with Gasteiger partial charge in [0.1, 0.15) is 0 Å². The zero-order valence-corrected chi connectivity index (χ0v) is 17.4. The van der Waals surface area contributed by atoms with E-state index in [2.05, 4.69) is 75.1 Å². The van der Waals surface area contributed by atoms with Crippen LogP contribution in [0.2, 0.25) is 0 Å². The zero-order valence-electron chi connectivity index (χ0n) is 17.4. The van der Waals surface area contributed by atoms with Gasteiger partial charge < -0.3 is 0 Å². The van der Waals surface area contributed by atoms with Crippen molar-refractivity contribution in [1.29, 1.82) is 0 Å². The van der Waals surface area contributed by atoms with E-state index in [4.69, 9.17) is 0 Å². The summed E-state index contributed by atoms with van der Waals surface area (Å²) in [5.41, 5.74) is 6.29. The van der Waals surface area contributed by atoms with Gasteiger partial charge in [0, 0.05) is 11.1 Å². The van der Waals surface area contributed by atoms with Gasteiger partial charge in [-0.15, -0.1) is 0 Å². The Hall–Kier alpha value is -2.00. The van der Waals surface area contributed by atoms with E-state index in [1.807, 2.05) is 0 Å². The van der Waals surface area contributed by atoms with Gasteiger partial charge in [0.05, 0.1) is 0 Å². The fraction of sp³-hybridized carbons (Fsp3) is 0.481. The molecule has 27 heavy (non-hydrogen) atoms. The number of hydrogen-bond acceptors (Lipinski definition) is 0. The van der Waals surface area contributed by atoms with Crippen LogP contribution in [-0.2, 0) is 0 Å². The Bertz CT molecular complexity index is 777. The molecule has 1 saturated carbocycles. The maximum atomic E-state index is 3.35. The molecule has 0 bridgehead atoms. The Kier molecular flexibility index (Phi) is 7.17. The summed E-state index contributed by atoms with van der Waals surface area (Å²) >= 11 is 0. The lowest BCUT2D eigenvalue weighted by atomic mass is 9.77. The van der Waals surface area contributed by atoms with Gasteiger partial charge in [-0.25, -0.2) is 0 Å². The average molecular weight is 359 g/mol. The number of benzene rings is 2. The van der Waals surface area contributed by atoms with Crippen LogP contribution in [0.1, 0.15) is 92.0 Å². The first-order valence-electron chi connectivity index (χ1n) is 10.8. The van der Waals surface area contributed by atoms with Crippen molar-refractivity contribution in [3.63, 3.8) is 0 Å². The molecule has 0 amide bonds. The van der Waals surface area contributed by atoms with E-state index >= 15 is 0 Å². The van der Waals surface area contributed by atoms with Crippen LogP contribution in [0.15, 0.2) is 42.5 Å². The van der Waals surface area contributed by atoms with Crippen molar-refractivity contribution < 1.29 is 0 Å². The summed E-state index contributed by atoms with van der Waals surface area (Å²) in [5, 5.41) is 0. The number of unbranched alkanes of at least 4 members (excludes halogenated alkanes) is 2. The molecule has 0 aliphatic heterocycles. The minimum atomic E-state index is 0.758. The van der Waals surface area contributed by atoms with Crippen LogP contribution in [-0.4, -0.2) is 0 Å². The SMILES string of the molecule is CCCCCC1CCC(c2ccc(C#Cc3cc(C)ccc3C)cc2)CC1. The quantitative estimate of drug-likeness (QED) is 0.382. The molecule has 1 aliphatic carbocycles. The maximum absolute atomic E-state index is 3.35. The Morgan fingerprint density at radius 1 is 0.852 bits per heavy atom. The van der Waals surface area contributed by atoms with Crippen molar-refractivity contribution in [2.45, 2.75) is 78.1 Å². The predicted octanol–water partition coefficient (Wildman–Crippen LogP) is 7.56. The Labute approximate surface area is 166 Å². The van der Waals surface area contributed by atoms with Crippen LogP contribution in [0.25, 0.3) is 0 Å². The third-order valence-corrected chi connectivity index (χ3v) is 6.18.